The molecule has 0 saturated carbocycles. The van der Waals surface area contributed by atoms with Gasteiger partial charge < -0.3 is 66.6 Å². The average molecular weight is 583 g/mol. The van der Waals surface area contributed by atoms with Gasteiger partial charge >= 0.3 is 5.97 Å². The van der Waals surface area contributed by atoms with E-state index in [1.54, 1.807) is 0 Å². The predicted molar refractivity (Wildman–Crippen MR) is 135 cm³/mol. The molecule has 214 valence electrons. The molecule has 40 heavy (non-hydrogen) atoms. The Balaban J connectivity index is 1.60. The fourth-order valence-corrected chi connectivity index (χ4v) is 4.66. The number of aromatic carboxylic acids is 1. The molecule has 0 aromatic heterocycles. The number of carboxylic acids is 1. The van der Waals surface area contributed by atoms with Crippen molar-refractivity contribution in [1.82, 2.24) is 5.32 Å². The van der Waals surface area contributed by atoms with Crippen molar-refractivity contribution >= 4 is 23.3 Å². The highest BCUT2D eigenvalue weighted by Crippen LogP contribution is 2.56. The molecular formula is C24H23ClN2O13. The molecule has 3 atom stereocenters. The van der Waals surface area contributed by atoms with Crippen LogP contribution in [0.5, 0.6) is 46.0 Å². The molecule has 1 saturated heterocycles. The summed E-state index contributed by atoms with van der Waals surface area (Å²) in [5.74, 6) is -9.84. The van der Waals surface area contributed by atoms with Crippen molar-refractivity contribution < 1.29 is 66.1 Å². The number of benzene rings is 3. The number of aliphatic hydroxyl groups excluding tert-OH is 1. The standard InChI is InChI=1S/C24H23ClN2O13/c25-11-13(28)10(16(31)19(34)17(11)32)21(36)24(40)5-23(39,27-24)6-26-12-14(29)9(15(30)20(35)18(12)33)7-2-1-3-8(4-7)22(37)38/h1-4,21,26-36,39-40H,5-6H2,(H,37,38). The van der Waals surface area contributed by atoms with Crippen LogP contribution in [0, 0.1) is 0 Å². The zero-order valence-corrected chi connectivity index (χ0v) is 20.7. The van der Waals surface area contributed by atoms with E-state index in [-0.39, 0.29) is 11.1 Å². The van der Waals surface area contributed by atoms with Gasteiger partial charge in [-0.25, -0.2) is 4.79 Å². The monoisotopic (exact) mass is 582 g/mol. The molecule has 0 bridgehead atoms. The predicted octanol–water partition coefficient (Wildman–Crippen LogP) is 0.866. The van der Waals surface area contributed by atoms with Gasteiger partial charge in [0, 0.05) is 6.42 Å². The van der Waals surface area contributed by atoms with Crippen molar-refractivity contribution in [2.75, 3.05) is 11.9 Å². The third kappa shape index (κ3) is 4.41. The summed E-state index contributed by atoms with van der Waals surface area (Å²) in [6, 6.07) is 4.93. The first-order valence-corrected chi connectivity index (χ1v) is 11.6. The molecule has 1 fully saturated rings. The van der Waals surface area contributed by atoms with Crippen LogP contribution in [-0.2, 0) is 0 Å². The Morgan fingerprint density at radius 3 is 2.10 bits per heavy atom. The Bertz CT molecular complexity index is 1510. The van der Waals surface area contributed by atoms with E-state index in [2.05, 4.69) is 10.6 Å². The average Bonchev–Trinajstić information content (AvgIpc) is 2.89. The van der Waals surface area contributed by atoms with Gasteiger partial charge in [0.15, 0.2) is 34.5 Å². The summed E-state index contributed by atoms with van der Waals surface area (Å²) in [6.45, 7) is -0.651. The maximum Gasteiger partial charge on any atom is 0.335 e. The van der Waals surface area contributed by atoms with Crippen LogP contribution >= 0.6 is 11.6 Å². The summed E-state index contributed by atoms with van der Waals surface area (Å²) in [6.07, 6.45) is -2.98. The fraction of sp³-hybridized carbons (Fsp3) is 0.208. The number of nitrogens with one attached hydrogen (secondary N) is 2. The van der Waals surface area contributed by atoms with Gasteiger partial charge in [-0.2, -0.15) is 0 Å². The lowest BCUT2D eigenvalue weighted by molar-refractivity contribution is -0.253. The van der Waals surface area contributed by atoms with Crippen LogP contribution in [0.2, 0.25) is 5.02 Å². The number of rotatable bonds is 7. The third-order valence-electron chi connectivity index (χ3n) is 6.46. The van der Waals surface area contributed by atoms with E-state index in [1.807, 2.05) is 0 Å². The molecule has 0 aliphatic carbocycles. The number of aromatic hydroxyl groups is 8. The zero-order chi connectivity index (χ0) is 29.9. The Kier molecular flexibility index (Phi) is 6.82. The lowest BCUT2D eigenvalue weighted by Crippen LogP contribution is -2.76. The number of aliphatic hydroxyl groups is 3. The highest BCUT2D eigenvalue weighted by Gasteiger charge is 2.58. The number of halogens is 1. The van der Waals surface area contributed by atoms with Gasteiger partial charge in [-0.05, 0) is 17.7 Å². The number of carboxylic acid groups (broad SMARTS) is 1. The van der Waals surface area contributed by atoms with Crippen LogP contribution in [0.25, 0.3) is 11.1 Å². The number of hydrogen-bond acceptors (Lipinski definition) is 14. The van der Waals surface area contributed by atoms with Gasteiger partial charge in [-0.1, -0.05) is 23.7 Å². The third-order valence-corrected chi connectivity index (χ3v) is 6.82. The number of anilines is 1. The lowest BCUT2D eigenvalue weighted by Gasteiger charge is -2.53. The minimum atomic E-state index is -2.46. The van der Waals surface area contributed by atoms with Gasteiger partial charge in [0.25, 0.3) is 0 Å². The van der Waals surface area contributed by atoms with Crippen molar-refractivity contribution in [3.63, 3.8) is 0 Å². The number of hydrogen-bond donors (Lipinski definition) is 14. The highest BCUT2D eigenvalue weighted by atomic mass is 35.5. The van der Waals surface area contributed by atoms with Crippen LogP contribution in [0.3, 0.4) is 0 Å². The maximum absolute atomic E-state index is 11.3. The summed E-state index contributed by atoms with van der Waals surface area (Å²) in [5, 5.41) is 126. The zero-order valence-electron chi connectivity index (χ0n) is 20.0. The van der Waals surface area contributed by atoms with Crippen molar-refractivity contribution in [3.8, 4) is 57.1 Å². The molecule has 15 nitrogen and oxygen atoms in total. The Morgan fingerprint density at radius 1 is 0.900 bits per heavy atom. The van der Waals surface area contributed by atoms with Gasteiger partial charge in [0.1, 0.15) is 28.3 Å². The van der Waals surface area contributed by atoms with Gasteiger partial charge in [-0.15, -0.1) is 0 Å². The number of carbonyl (C=O) groups is 1. The normalized spacial score (nSPS) is 21.0. The first-order valence-electron chi connectivity index (χ1n) is 11.2. The quantitative estimate of drug-likeness (QED) is 0.136. The van der Waals surface area contributed by atoms with Crippen LogP contribution in [0.1, 0.15) is 28.4 Å². The molecule has 16 heteroatoms. The van der Waals surface area contributed by atoms with Gasteiger partial charge in [0.05, 0.1) is 23.2 Å². The van der Waals surface area contributed by atoms with Gasteiger partial charge in [0.2, 0.25) is 11.5 Å². The molecule has 3 aromatic rings. The van der Waals surface area contributed by atoms with Crippen molar-refractivity contribution in [2.45, 2.75) is 24.0 Å². The van der Waals surface area contributed by atoms with E-state index in [1.165, 1.54) is 18.2 Å². The van der Waals surface area contributed by atoms with E-state index in [0.29, 0.717) is 0 Å². The second-order valence-electron chi connectivity index (χ2n) is 9.17. The van der Waals surface area contributed by atoms with Crippen LogP contribution in [-0.4, -0.2) is 85.2 Å². The van der Waals surface area contributed by atoms with E-state index in [9.17, 15) is 66.1 Å². The van der Waals surface area contributed by atoms with E-state index in [0.717, 1.165) is 6.07 Å². The SMILES string of the molecule is O=C(O)c1cccc(-c2c(O)c(O)c(O)c(NCC3(O)CC(O)(C(O)c4c(O)c(O)c(O)c(Cl)c4O)N3)c2O)c1. The molecule has 0 radical (unpaired) electrons. The molecular weight excluding hydrogens is 560 g/mol. The van der Waals surface area contributed by atoms with E-state index in [4.69, 9.17) is 11.6 Å². The molecule has 0 spiro atoms. The number of phenols is 8. The molecule has 14 N–H and O–H groups in total. The summed E-state index contributed by atoms with van der Waals surface area (Å²) < 4.78 is 0. The first kappa shape index (κ1) is 28.5. The molecule has 1 heterocycles. The maximum atomic E-state index is 11.3. The molecule has 3 aromatic carbocycles. The van der Waals surface area contributed by atoms with Crippen LogP contribution in [0.4, 0.5) is 5.69 Å². The molecule has 1 aliphatic heterocycles. The summed E-state index contributed by atoms with van der Waals surface area (Å²) >= 11 is 5.67. The second-order valence-corrected chi connectivity index (χ2v) is 9.54. The molecule has 3 unspecified atom stereocenters. The fourth-order valence-electron chi connectivity index (χ4n) is 4.47. The van der Waals surface area contributed by atoms with Crippen molar-refractivity contribution in [2.24, 2.45) is 0 Å². The molecule has 0 amide bonds. The second kappa shape index (κ2) is 9.58. The molecule has 1 aliphatic rings. The summed E-state index contributed by atoms with van der Waals surface area (Å²) in [4.78, 5) is 11.3. The van der Waals surface area contributed by atoms with Crippen molar-refractivity contribution in [3.05, 3.63) is 40.4 Å². The van der Waals surface area contributed by atoms with E-state index < -0.39 is 104 Å². The summed E-state index contributed by atoms with van der Waals surface area (Å²) in [7, 11) is 0. The Hall–Kier alpha value is -4.54. The van der Waals surface area contributed by atoms with Gasteiger partial charge in [-0.3, -0.25) is 5.32 Å². The van der Waals surface area contributed by atoms with E-state index >= 15 is 0 Å². The Morgan fingerprint density at radius 2 is 1.50 bits per heavy atom. The Labute approximate surface area is 228 Å². The first-order chi connectivity index (χ1) is 18.5. The topological polar surface area (TPSA) is 284 Å². The highest BCUT2D eigenvalue weighted by molar-refractivity contribution is 6.34. The number of phenolic OH excluding ortho intramolecular Hbond substituents is 8. The summed E-state index contributed by atoms with van der Waals surface area (Å²) in [5.41, 5.74) is -6.79. The van der Waals surface area contributed by atoms with Crippen LogP contribution in [0.15, 0.2) is 24.3 Å². The lowest BCUT2D eigenvalue weighted by atomic mass is 9.81. The largest absolute Gasteiger partial charge is 0.506 e. The smallest absolute Gasteiger partial charge is 0.335 e. The van der Waals surface area contributed by atoms with Crippen molar-refractivity contribution in [1.29, 1.82) is 0 Å². The minimum Gasteiger partial charge on any atom is -0.506 e. The molecule has 4 rings (SSSR count). The van der Waals surface area contributed by atoms with Crippen LogP contribution < -0.4 is 10.6 Å². The minimum absolute atomic E-state index is 0.0540.